The van der Waals surface area contributed by atoms with Gasteiger partial charge < -0.3 is 9.84 Å². The van der Waals surface area contributed by atoms with Crippen molar-refractivity contribution in [3.8, 4) is 0 Å². The van der Waals surface area contributed by atoms with E-state index in [1.54, 1.807) is 12.1 Å². The third-order valence-corrected chi connectivity index (χ3v) is 2.59. The van der Waals surface area contributed by atoms with Gasteiger partial charge in [0.15, 0.2) is 5.82 Å². The van der Waals surface area contributed by atoms with Gasteiger partial charge in [-0.3, -0.25) is 0 Å². The Balaban J connectivity index is 1.99. The van der Waals surface area contributed by atoms with Gasteiger partial charge in [-0.2, -0.15) is 4.98 Å². The molecule has 0 amide bonds. The largest absolute Gasteiger partial charge is 0.343 e. The molecule has 90 valence electrons. The van der Waals surface area contributed by atoms with Gasteiger partial charge in [-0.05, 0) is 24.1 Å². The first-order valence-electron chi connectivity index (χ1n) is 5.53. The molecule has 2 rings (SSSR count). The third-order valence-electron chi connectivity index (χ3n) is 2.59. The Hall–Kier alpha value is -1.75. The van der Waals surface area contributed by atoms with Crippen LogP contribution >= 0.6 is 0 Å². The molecular weight excluding hydrogens is 221 g/mol. The van der Waals surface area contributed by atoms with Crippen molar-refractivity contribution in [3.63, 3.8) is 0 Å². The Bertz CT molecular complexity index is 441. The Morgan fingerprint density at radius 1 is 1.35 bits per heavy atom. The molecule has 0 aliphatic heterocycles. The lowest BCUT2D eigenvalue weighted by molar-refractivity contribution is 0.403. The van der Waals surface area contributed by atoms with Crippen LogP contribution in [0.3, 0.4) is 0 Å². The average Bonchev–Trinajstić information content (AvgIpc) is 2.85. The van der Waals surface area contributed by atoms with Gasteiger partial charge in [0.05, 0.1) is 6.54 Å². The van der Waals surface area contributed by atoms with Crippen LogP contribution in [-0.4, -0.2) is 10.1 Å². The molecule has 0 spiro atoms. The number of rotatable bonds is 5. The van der Waals surface area contributed by atoms with Crippen LogP contribution in [0.2, 0.25) is 0 Å². The third kappa shape index (κ3) is 3.10. The monoisotopic (exact) mass is 235 g/mol. The second-order valence-corrected chi connectivity index (χ2v) is 3.74. The number of hydrogen-bond donors (Lipinski definition) is 1. The van der Waals surface area contributed by atoms with Crippen molar-refractivity contribution < 1.29 is 8.91 Å². The highest BCUT2D eigenvalue weighted by atomic mass is 19.1. The van der Waals surface area contributed by atoms with E-state index < -0.39 is 0 Å². The van der Waals surface area contributed by atoms with Gasteiger partial charge >= 0.3 is 0 Å². The molecule has 1 aromatic carbocycles. The predicted octanol–water partition coefficient (Wildman–Crippen LogP) is 2.45. The summed E-state index contributed by atoms with van der Waals surface area (Å²) in [4.78, 5) is 3.93. The zero-order valence-corrected chi connectivity index (χ0v) is 9.56. The van der Waals surface area contributed by atoms with E-state index in [4.69, 9.17) is 0 Å². The lowest BCUT2D eigenvalue weighted by Crippen LogP contribution is -2.20. The minimum Gasteiger partial charge on any atom is -0.343 e. The molecule has 17 heavy (non-hydrogen) atoms. The molecule has 1 aromatic heterocycles. The molecule has 4 nitrogen and oxygen atoms in total. The summed E-state index contributed by atoms with van der Waals surface area (Å²) in [6.45, 7) is 2.60. The standard InChI is InChI=1S/C12H14FN3O/c1-2-11(9-3-5-10(13)6-4-9)14-7-12-15-8-17-16-12/h3-6,8,11,14H,2,7H2,1H3. The molecule has 0 radical (unpaired) electrons. The Morgan fingerprint density at radius 2 is 2.12 bits per heavy atom. The molecule has 2 aromatic rings. The molecule has 1 heterocycles. The lowest BCUT2D eigenvalue weighted by atomic mass is 10.0. The van der Waals surface area contributed by atoms with E-state index in [9.17, 15) is 4.39 Å². The summed E-state index contributed by atoms with van der Waals surface area (Å²) in [6, 6.07) is 6.66. The molecule has 0 bridgehead atoms. The number of nitrogens with zero attached hydrogens (tertiary/aromatic N) is 2. The summed E-state index contributed by atoms with van der Waals surface area (Å²) in [5.41, 5.74) is 1.05. The molecule has 0 fully saturated rings. The van der Waals surface area contributed by atoms with Crippen molar-refractivity contribution in [2.75, 3.05) is 0 Å². The fourth-order valence-corrected chi connectivity index (χ4v) is 1.68. The van der Waals surface area contributed by atoms with Crippen LogP contribution in [0.4, 0.5) is 4.39 Å². The smallest absolute Gasteiger partial charge is 0.213 e. The van der Waals surface area contributed by atoms with Crippen LogP contribution in [0.25, 0.3) is 0 Å². The molecule has 5 heteroatoms. The minimum atomic E-state index is -0.221. The zero-order valence-electron chi connectivity index (χ0n) is 9.56. The first-order valence-corrected chi connectivity index (χ1v) is 5.53. The number of hydrogen-bond acceptors (Lipinski definition) is 4. The van der Waals surface area contributed by atoms with Gasteiger partial charge in [0.1, 0.15) is 5.82 Å². The Kier molecular flexibility index (Phi) is 3.82. The molecule has 1 N–H and O–H groups in total. The van der Waals surface area contributed by atoms with Crippen molar-refractivity contribution in [1.29, 1.82) is 0 Å². The molecule has 0 saturated heterocycles. The van der Waals surface area contributed by atoms with E-state index in [2.05, 4.69) is 26.9 Å². The van der Waals surface area contributed by atoms with E-state index in [1.165, 1.54) is 18.5 Å². The number of aromatic nitrogens is 2. The molecular formula is C12H14FN3O. The summed E-state index contributed by atoms with van der Waals surface area (Å²) < 4.78 is 17.5. The van der Waals surface area contributed by atoms with E-state index >= 15 is 0 Å². The summed E-state index contributed by atoms with van der Waals surface area (Å²) in [5, 5.41) is 7.02. The fourth-order valence-electron chi connectivity index (χ4n) is 1.68. The average molecular weight is 235 g/mol. The fraction of sp³-hybridized carbons (Fsp3) is 0.333. The van der Waals surface area contributed by atoms with Gasteiger partial charge in [-0.1, -0.05) is 24.2 Å². The predicted molar refractivity (Wildman–Crippen MR) is 60.6 cm³/mol. The van der Waals surface area contributed by atoms with Crippen LogP contribution in [-0.2, 0) is 6.54 Å². The summed E-state index contributed by atoms with van der Waals surface area (Å²) in [7, 11) is 0. The van der Waals surface area contributed by atoms with Crippen LogP contribution in [0.15, 0.2) is 35.2 Å². The van der Waals surface area contributed by atoms with E-state index in [1.807, 2.05) is 0 Å². The quantitative estimate of drug-likeness (QED) is 0.864. The molecule has 0 aliphatic rings. The zero-order chi connectivity index (χ0) is 12.1. The van der Waals surface area contributed by atoms with Crippen molar-refractivity contribution in [2.45, 2.75) is 25.9 Å². The maximum Gasteiger partial charge on any atom is 0.213 e. The van der Waals surface area contributed by atoms with E-state index in [0.717, 1.165) is 12.0 Å². The van der Waals surface area contributed by atoms with Crippen LogP contribution < -0.4 is 5.32 Å². The highest BCUT2D eigenvalue weighted by molar-refractivity contribution is 5.19. The second kappa shape index (κ2) is 5.54. The normalized spacial score (nSPS) is 12.6. The number of nitrogens with one attached hydrogen (secondary N) is 1. The summed E-state index contributed by atoms with van der Waals surface area (Å²) in [6.07, 6.45) is 2.21. The van der Waals surface area contributed by atoms with Crippen molar-refractivity contribution >= 4 is 0 Å². The van der Waals surface area contributed by atoms with Gasteiger partial charge in [-0.15, -0.1) is 0 Å². The first-order chi connectivity index (χ1) is 8.29. The van der Waals surface area contributed by atoms with Crippen molar-refractivity contribution in [1.82, 2.24) is 15.5 Å². The number of halogens is 1. The SMILES string of the molecule is CCC(NCc1ncon1)c1ccc(F)cc1. The summed E-state index contributed by atoms with van der Waals surface area (Å²) >= 11 is 0. The van der Waals surface area contributed by atoms with Gasteiger partial charge in [-0.25, -0.2) is 4.39 Å². The van der Waals surface area contributed by atoms with Crippen LogP contribution in [0.1, 0.15) is 30.8 Å². The van der Waals surface area contributed by atoms with Crippen molar-refractivity contribution in [3.05, 3.63) is 47.9 Å². The Labute approximate surface area is 98.8 Å². The van der Waals surface area contributed by atoms with Gasteiger partial charge in [0.25, 0.3) is 0 Å². The van der Waals surface area contributed by atoms with E-state index in [0.29, 0.717) is 12.4 Å². The minimum absolute atomic E-state index is 0.161. The summed E-state index contributed by atoms with van der Waals surface area (Å²) in [5.74, 6) is 0.396. The molecule has 1 unspecified atom stereocenters. The van der Waals surface area contributed by atoms with Gasteiger partial charge in [0, 0.05) is 6.04 Å². The lowest BCUT2D eigenvalue weighted by Gasteiger charge is -2.16. The molecule has 1 atom stereocenters. The first kappa shape index (κ1) is 11.7. The highest BCUT2D eigenvalue weighted by Gasteiger charge is 2.09. The van der Waals surface area contributed by atoms with Crippen LogP contribution in [0, 0.1) is 5.82 Å². The van der Waals surface area contributed by atoms with Crippen molar-refractivity contribution in [2.24, 2.45) is 0 Å². The topological polar surface area (TPSA) is 51.0 Å². The maximum atomic E-state index is 12.8. The molecule has 0 aliphatic carbocycles. The Morgan fingerprint density at radius 3 is 2.71 bits per heavy atom. The van der Waals surface area contributed by atoms with Gasteiger partial charge in [0.2, 0.25) is 6.39 Å². The van der Waals surface area contributed by atoms with Crippen LogP contribution in [0.5, 0.6) is 0 Å². The van der Waals surface area contributed by atoms with E-state index in [-0.39, 0.29) is 11.9 Å². The second-order valence-electron chi connectivity index (χ2n) is 3.74. The number of benzene rings is 1. The highest BCUT2D eigenvalue weighted by Crippen LogP contribution is 2.17. The maximum absolute atomic E-state index is 12.8. The molecule has 0 saturated carbocycles.